The number of hydrogen-bond acceptors (Lipinski definition) is 3. The van der Waals surface area contributed by atoms with Crippen LogP contribution in [-0.2, 0) is 16.6 Å². The van der Waals surface area contributed by atoms with Crippen LogP contribution in [0.3, 0.4) is 0 Å². The molecule has 0 aromatic heterocycles. The standard InChI is InChI=1S/C27H28N2O3/c1-32-24-15-9-21(10-16-24)25(30)29-23-13-11-22(12-14-23)27(17-18-27)26(31)28-19-5-8-20-6-3-2-4-7-20/h2-4,6-7,9-16H,5,8,17-19H2,1H3,(H,28,31)(H,29,30). The molecule has 5 nitrogen and oxygen atoms in total. The number of anilines is 1. The van der Waals surface area contributed by atoms with Gasteiger partial charge in [0.2, 0.25) is 5.91 Å². The Kier molecular flexibility index (Phi) is 6.55. The van der Waals surface area contributed by atoms with Gasteiger partial charge in [0.15, 0.2) is 0 Å². The van der Waals surface area contributed by atoms with Crippen molar-refractivity contribution >= 4 is 17.5 Å². The third kappa shape index (κ3) is 4.99. The predicted octanol–water partition coefficient (Wildman–Crippen LogP) is 4.73. The predicted molar refractivity (Wildman–Crippen MR) is 126 cm³/mol. The first-order chi connectivity index (χ1) is 15.6. The number of carbonyl (C=O) groups excluding carboxylic acids is 2. The summed E-state index contributed by atoms with van der Waals surface area (Å²) in [6.45, 7) is 0.672. The van der Waals surface area contributed by atoms with Crippen LogP contribution < -0.4 is 15.4 Å². The molecule has 2 N–H and O–H groups in total. The number of carbonyl (C=O) groups is 2. The molecule has 0 bridgehead atoms. The highest BCUT2D eigenvalue weighted by atomic mass is 16.5. The molecule has 3 aromatic carbocycles. The van der Waals surface area contributed by atoms with Crippen molar-refractivity contribution in [3.8, 4) is 5.75 Å². The minimum Gasteiger partial charge on any atom is -0.497 e. The van der Waals surface area contributed by atoms with Crippen LogP contribution in [0.25, 0.3) is 0 Å². The molecule has 2 amide bonds. The molecule has 0 saturated heterocycles. The molecule has 0 aliphatic heterocycles. The molecule has 1 saturated carbocycles. The first-order valence-electron chi connectivity index (χ1n) is 11.0. The highest BCUT2D eigenvalue weighted by molar-refractivity contribution is 6.04. The summed E-state index contributed by atoms with van der Waals surface area (Å²) in [5.74, 6) is 0.622. The van der Waals surface area contributed by atoms with Crippen molar-refractivity contribution in [2.24, 2.45) is 0 Å². The summed E-state index contributed by atoms with van der Waals surface area (Å²) in [4.78, 5) is 25.3. The van der Waals surface area contributed by atoms with Crippen molar-refractivity contribution in [2.45, 2.75) is 31.1 Å². The fourth-order valence-electron chi connectivity index (χ4n) is 3.90. The zero-order valence-electron chi connectivity index (χ0n) is 18.3. The largest absolute Gasteiger partial charge is 0.497 e. The lowest BCUT2D eigenvalue weighted by molar-refractivity contribution is -0.123. The van der Waals surface area contributed by atoms with Crippen LogP contribution >= 0.6 is 0 Å². The fourth-order valence-corrected chi connectivity index (χ4v) is 3.90. The normalized spacial score (nSPS) is 13.8. The number of amides is 2. The average Bonchev–Trinajstić information content (AvgIpc) is 3.65. The zero-order chi connectivity index (χ0) is 22.4. The van der Waals surface area contributed by atoms with Gasteiger partial charge >= 0.3 is 0 Å². The van der Waals surface area contributed by atoms with E-state index >= 15 is 0 Å². The Hall–Kier alpha value is -3.60. The molecular weight excluding hydrogens is 400 g/mol. The summed E-state index contributed by atoms with van der Waals surface area (Å²) < 4.78 is 5.12. The molecule has 5 heteroatoms. The van der Waals surface area contributed by atoms with E-state index in [1.54, 1.807) is 31.4 Å². The van der Waals surface area contributed by atoms with E-state index in [0.29, 0.717) is 23.5 Å². The van der Waals surface area contributed by atoms with Gasteiger partial charge in [0.1, 0.15) is 5.75 Å². The summed E-state index contributed by atoms with van der Waals surface area (Å²) in [5.41, 5.74) is 3.12. The minimum atomic E-state index is -0.425. The van der Waals surface area contributed by atoms with Gasteiger partial charge in [-0.25, -0.2) is 0 Å². The van der Waals surface area contributed by atoms with Gasteiger partial charge < -0.3 is 15.4 Å². The van der Waals surface area contributed by atoms with E-state index in [1.165, 1.54) is 5.56 Å². The van der Waals surface area contributed by atoms with Crippen molar-refractivity contribution in [1.29, 1.82) is 0 Å². The first kappa shape index (κ1) is 21.6. The first-order valence-corrected chi connectivity index (χ1v) is 11.0. The van der Waals surface area contributed by atoms with Crippen LogP contribution in [0.4, 0.5) is 5.69 Å². The number of methoxy groups -OCH3 is 1. The summed E-state index contributed by atoms with van der Waals surface area (Å²) in [5, 5.41) is 6.01. The molecule has 0 unspecified atom stereocenters. The maximum atomic E-state index is 12.8. The maximum absolute atomic E-state index is 12.8. The second-order valence-electron chi connectivity index (χ2n) is 8.19. The molecule has 0 heterocycles. The van der Waals surface area contributed by atoms with Gasteiger partial charge in [0.05, 0.1) is 12.5 Å². The van der Waals surface area contributed by atoms with Gasteiger partial charge in [-0.3, -0.25) is 9.59 Å². The Balaban J connectivity index is 1.30. The molecular formula is C27H28N2O3. The Morgan fingerprint density at radius 3 is 2.22 bits per heavy atom. The second kappa shape index (κ2) is 9.69. The lowest BCUT2D eigenvalue weighted by atomic mass is 9.94. The summed E-state index contributed by atoms with van der Waals surface area (Å²) in [7, 11) is 1.59. The molecule has 1 aliphatic carbocycles. The summed E-state index contributed by atoms with van der Waals surface area (Å²) >= 11 is 0. The van der Waals surface area contributed by atoms with E-state index in [2.05, 4.69) is 22.8 Å². The van der Waals surface area contributed by atoms with Gasteiger partial charge in [-0.15, -0.1) is 0 Å². The highest BCUT2D eigenvalue weighted by Gasteiger charge is 2.50. The number of ether oxygens (including phenoxy) is 1. The quantitative estimate of drug-likeness (QED) is 0.484. The van der Waals surface area contributed by atoms with Gasteiger partial charge in [0, 0.05) is 17.8 Å². The highest BCUT2D eigenvalue weighted by Crippen LogP contribution is 2.48. The summed E-state index contributed by atoms with van der Waals surface area (Å²) in [6, 6.07) is 24.9. The molecule has 0 radical (unpaired) electrons. The Bertz CT molecular complexity index is 1060. The molecule has 164 valence electrons. The van der Waals surface area contributed by atoms with Gasteiger partial charge in [0.25, 0.3) is 5.91 Å². The molecule has 0 atom stereocenters. The van der Waals surface area contributed by atoms with Crippen LogP contribution in [0.2, 0.25) is 0 Å². The third-order valence-corrected chi connectivity index (χ3v) is 6.00. The summed E-state index contributed by atoms with van der Waals surface area (Å²) in [6.07, 6.45) is 3.59. The van der Waals surface area contributed by atoms with E-state index in [4.69, 9.17) is 4.74 Å². The third-order valence-electron chi connectivity index (χ3n) is 6.00. The molecule has 1 aliphatic rings. The van der Waals surface area contributed by atoms with Crippen LogP contribution in [0.15, 0.2) is 78.9 Å². The Morgan fingerprint density at radius 2 is 1.59 bits per heavy atom. The van der Waals surface area contributed by atoms with Crippen LogP contribution in [0, 0.1) is 0 Å². The topological polar surface area (TPSA) is 67.4 Å². The minimum absolute atomic E-state index is 0.0978. The van der Waals surface area contributed by atoms with E-state index in [-0.39, 0.29) is 11.8 Å². The zero-order valence-corrected chi connectivity index (χ0v) is 18.3. The van der Waals surface area contributed by atoms with Crippen LogP contribution in [0.5, 0.6) is 5.75 Å². The number of hydrogen-bond donors (Lipinski definition) is 2. The van der Waals surface area contributed by atoms with Gasteiger partial charge in [-0.05, 0) is 73.2 Å². The van der Waals surface area contributed by atoms with Crippen molar-refractivity contribution < 1.29 is 14.3 Å². The Labute approximate surface area is 188 Å². The SMILES string of the molecule is COc1ccc(C(=O)Nc2ccc(C3(C(=O)NCCCc4ccccc4)CC3)cc2)cc1. The lowest BCUT2D eigenvalue weighted by Gasteiger charge is -2.16. The van der Waals surface area contributed by atoms with Crippen LogP contribution in [0.1, 0.15) is 40.7 Å². The van der Waals surface area contributed by atoms with Crippen molar-refractivity contribution in [2.75, 3.05) is 19.0 Å². The number of nitrogens with one attached hydrogen (secondary N) is 2. The van der Waals surface area contributed by atoms with E-state index in [9.17, 15) is 9.59 Å². The molecule has 32 heavy (non-hydrogen) atoms. The van der Waals surface area contributed by atoms with Crippen LogP contribution in [-0.4, -0.2) is 25.5 Å². The van der Waals surface area contributed by atoms with E-state index < -0.39 is 5.41 Å². The van der Waals surface area contributed by atoms with Crippen molar-refractivity contribution in [3.05, 3.63) is 95.6 Å². The number of aryl methyl sites for hydroxylation is 1. The van der Waals surface area contributed by atoms with Gasteiger partial charge in [-0.1, -0.05) is 42.5 Å². The monoisotopic (exact) mass is 428 g/mol. The van der Waals surface area contributed by atoms with Crippen molar-refractivity contribution in [1.82, 2.24) is 5.32 Å². The average molecular weight is 429 g/mol. The fraction of sp³-hybridized carbons (Fsp3) is 0.259. The van der Waals surface area contributed by atoms with E-state index in [0.717, 1.165) is 31.2 Å². The molecule has 0 spiro atoms. The van der Waals surface area contributed by atoms with Gasteiger partial charge in [-0.2, -0.15) is 0 Å². The number of benzene rings is 3. The van der Waals surface area contributed by atoms with Crippen molar-refractivity contribution in [3.63, 3.8) is 0 Å². The maximum Gasteiger partial charge on any atom is 0.255 e. The number of rotatable bonds is 9. The van der Waals surface area contributed by atoms with E-state index in [1.807, 2.05) is 42.5 Å². The molecule has 4 rings (SSSR count). The smallest absolute Gasteiger partial charge is 0.255 e. The molecule has 3 aromatic rings. The second-order valence-corrected chi connectivity index (χ2v) is 8.19. The molecule has 1 fully saturated rings. The Morgan fingerprint density at radius 1 is 0.906 bits per heavy atom. The lowest BCUT2D eigenvalue weighted by Crippen LogP contribution is -2.35.